The third-order valence-electron chi connectivity index (χ3n) is 6.25. The third-order valence-corrected chi connectivity index (χ3v) is 7.21. The summed E-state index contributed by atoms with van der Waals surface area (Å²) in [6.07, 6.45) is 0. The van der Waals surface area contributed by atoms with Crippen molar-refractivity contribution in [1.82, 2.24) is 4.90 Å². The molecule has 0 aromatic heterocycles. The van der Waals surface area contributed by atoms with Crippen molar-refractivity contribution >= 4 is 21.4 Å². The Morgan fingerprint density at radius 1 is 0.818 bits per heavy atom. The van der Waals surface area contributed by atoms with Crippen LogP contribution >= 0.6 is 0 Å². The van der Waals surface area contributed by atoms with Crippen LogP contribution in [-0.2, 0) is 10.0 Å². The molecule has 1 aliphatic rings. The molecule has 3 N–H and O–H groups in total. The molecular weight excluding hydrogens is 432 g/mol. The second kappa shape index (κ2) is 9.95. The fourth-order valence-corrected chi connectivity index (χ4v) is 5.06. The van der Waals surface area contributed by atoms with Gasteiger partial charge in [-0.1, -0.05) is 60.7 Å². The van der Waals surface area contributed by atoms with Gasteiger partial charge in [-0.3, -0.25) is 4.90 Å². The van der Waals surface area contributed by atoms with Crippen LogP contribution in [0.2, 0.25) is 0 Å². The van der Waals surface area contributed by atoms with Crippen molar-refractivity contribution in [2.75, 3.05) is 36.4 Å². The third kappa shape index (κ3) is 5.55. The van der Waals surface area contributed by atoms with Gasteiger partial charge in [0.15, 0.2) is 0 Å². The molecule has 1 aliphatic heterocycles. The number of rotatable bonds is 7. The van der Waals surface area contributed by atoms with E-state index in [4.69, 9.17) is 5.14 Å². The molecule has 3 aromatic carbocycles. The lowest BCUT2D eigenvalue weighted by molar-refractivity contribution is 0.209. The van der Waals surface area contributed by atoms with Gasteiger partial charge in [0.2, 0.25) is 10.0 Å². The average molecular weight is 465 g/mol. The Kier molecular flexibility index (Phi) is 7.02. The van der Waals surface area contributed by atoms with E-state index in [0.717, 1.165) is 43.0 Å². The molecule has 0 aliphatic carbocycles. The number of benzene rings is 3. The molecule has 3 aromatic rings. The summed E-state index contributed by atoms with van der Waals surface area (Å²) in [6.45, 7) is 8.18. The fourth-order valence-electron chi connectivity index (χ4n) is 4.38. The SMILES string of the molecule is CC(C)N1CCN(c2ccc(S(N)(=O)=O)c(NC(c3ccccc3)c3ccccc3)c2)CC1. The summed E-state index contributed by atoms with van der Waals surface area (Å²) in [7, 11) is -3.90. The van der Waals surface area contributed by atoms with E-state index >= 15 is 0 Å². The number of sulfonamides is 1. The van der Waals surface area contributed by atoms with Gasteiger partial charge < -0.3 is 10.2 Å². The van der Waals surface area contributed by atoms with Gasteiger partial charge in [-0.2, -0.15) is 0 Å². The highest BCUT2D eigenvalue weighted by molar-refractivity contribution is 7.89. The van der Waals surface area contributed by atoms with Crippen LogP contribution in [0.1, 0.15) is 31.0 Å². The topological polar surface area (TPSA) is 78.7 Å². The largest absolute Gasteiger partial charge is 0.373 e. The molecule has 0 bridgehead atoms. The van der Waals surface area contributed by atoms with Crippen molar-refractivity contribution in [3.8, 4) is 0 Å². The fraction of sp³-hybridized carbons (Fsp3) is 0.308. The van der Waals surface area contributed by atoms with Crippen LogP contribution in [0, 0.1) is 0 Å². The van der Waals surface area contributed by atoms with Crippen LogP contribution in [0.3, 0.4) is 0 Å². The van der Waals surface area contributed by atoms with E-state index in [2.05, 4.69) is 29.0 Å². The van der Waals surface area contributed by atoms with Crippen LogP contribution in [0.25, 0.3) is 0 Å². The zero-order valence-corrected chi connectivity index (χ0v) is 20.0. The maximum absolute atomic E-state index is 12.4. The normalized spacial score (nSPS) is 15.2. The number of nitrogens with one attached hydrogen (secondary N) is 1. The monoisotopic (exact) mass is 464 g/mol. The minimum Gasteiger partial charge on any atom is -0.373 e. The zero-order valence-electron chi connectivity index (χ0n) is 19.2. The van der Waals surface area contributed by atoms with E-state index in [1.165, 1.54) is 0 Å². The number of nitrogens with zero attached hydrogens (tertiary/aromatic N) is 2. The van der Waals surface area contributed by atoms with Gasteiger partial charge in [-0.25, -0.2) is 13.6 Å². The second-order valence-corrected chi connectivity index (χ2v) is 10.3. The van der Waals surface area contributed by atoms with Gasteiger partial charge in [0.05, 0.1) is 11.7 Å². The molecule has 0 amide bonds. The zero-order chi connectivity index (χ0) is 23.4. The van der Waals surface area contributed by atoms with Gasteiger partial charge in [0.25, 0.3) is 0 Å². The standard InChI is InChI=1S/C26H32N4O2S/c1-20(2)29-15-17-30(18-16-29)23-13-14-25(33(27,31)32)24(19-23)28-26(21-9-5-3-6-10-21)22-11-7-4-8-12-22/h3-14,19-20,26,28H,15-18H2,1-2H3,(H2,27,31,32). The summed E-state index contributed by atoms with van der Waals surface area (Å²) >= 11 is 0. The summed E-state index contributed by atoms with van der Waals surface area (Å²) in [5.74, 6) is 0. The highest BCUT2D eigenvalue weighted by Crippen LogP contribution is 2.33. The second-order valence-electron chi connectivity index (χ2n) is 8.74. The van der Waals surface area contributed by atoms with Crippen molar-refractivity contribution < 1.29 is 8.42 Å². The maximum atomic E-state index is 12.4. The Morgan fingerprint density at radius 2 is 1.36 bits per heavy atom. The van der Waals surface area contributed by atoms with Crippen molar-refractivity contribution in [1.29, 1.82) is 0 Å². The van der Waals surface area contributed by atoms with Crippen molar-refractivity contribution in [2.24, 2.45) is 5.14 Å². The Balaban J connectivity index is 1.70. The van der Waals surface area contributed by atoms with Crippen LogP contribution in [-0.4, -0.2) is 45.5 Å². The number of anilines is 2. The summed E-state index contributed by atoms with van der Waals surface area (Å²) < 4.78 is 24.9. The van der Waals surface area contributed by atoms with E-state index in [1.54, 1.807) is 6.07 Å². The molecule has 0 radical (unpaired) electrons. The predicted octanol–water partition coefficient (Wildman–Crippen LogP) is 4.07. The lowest BCUT2D eigenvalue weighted by atomic mass is 9.98. The lowest BCUT2D eigenvalue weighted by Crippen LogP contribution is -2.48. The van der Waals surface area contributed by atoms with E-state index in [0.29, 0.717) is 11.7 Å². The van der Waals surface area contributed by atoms with Crippen LogP contribution in [0.5, 0.6) is 0 Å². The van der Waals surface area contributed by atoms with Crippen LogP contribution in [0.15, 0.2) is 83.8 Å². The first kappa shape index (κ1) is 23.3. The highest BCUT2D eigenvalue weighted by Gasteiger charge is 2.23. The Hall–Kier alpha value is -2.87. The van der Waals surface area contributed by atoms with Gasteiger partial charge in [0.1, 0.15) is 4.90 Å². The minimum absolute atomic E-state index is 0.101. The molecule has 7 heteroatoms. The van der Waals surface area contributed by atoms with Gasteiger partial charge in [0, 0.05) is 37.9 Å². The van der Waals surface area contributed by atoms with Crippen LogP contribution < -0.4 is 15.4 Å². The van der Waals surface area contributed by atoms with Crippen molar-refractivity contribution in [2.45, 2.75) is 30.8 Å². The Bertz CT molecular complexity index is 1120. The molecule has 6 nitrogen and oxygen atoms in total. The number of hydrogen-bond acceptors (Lipinski definition) is 5. The number of nitrogens with two attached hydrogens (primary N) is 1. The molecule has 4 rings (SSSR count). The summed E-state index contributed by atoms with van der Waals surface area (Å²) in [5.41, 5.74) is 3.59. The van der Waals surface area contributed by atoms with Gasteiger partial charge >= 0.3 is 0 Å². The summed E-state index contributed by atoms with van der Waals surface area (Å²) in [4.78, 5) is 4.86. The lowest BCUT2D eigenvalue weighted by Gasteiger charge is -2.38. The van der Waals surface area contributed by atoms with Crippen molar-refractivity contribution in [3.05, 3.63) is 90.0 Å². The highest BCUT2D eigenvalue weighted by atomic mass is 32.2. The molecule has 1 saturated heterocycles. The average Bonchev–Trinajstić information content (AvgIpc) is 2.83. The molecule has 1 heterocycles. The van der Waals surface area contributed by atoms with E-state index in [9.17, 15) is 8.42 Å². The van der Waals surface area contributed by atoms with E-state index in [-0.39, 0.29) is 10.9 Å². The van der Waals surface area contributed by atoms with E-state index in [1.807, 2.05) is 72.8 Å². The summed E-state index contributed by atoms with van der Waals surface area (Å²) in [5, 5.41) is 9.10. The number of primary sulfonamides is 1. The Morgan fingerprint density at radius 3 is 1.85 bits per heavy atom. The molecule has 33 heavy (non-hydrogen) atoms. The first-order valence-corrected chi connectivity index (χ1v) is 12.9. The maximum Gasteiger partial charge on any atom is 0.240 e. The summed E-state index contributed by atoms with van der Waals surface area (Å²) in [6, 6.07) is 25.7. The van der Waals surface area contributed by atoms with Gasteiger partial charge in [-0.05, 0) is 43.2 Å². The molecule has 0 saturated carbocycles. The first-order chi connectivity index (χ1) is 15.8. The molecule has 0 atom stereocenters. The molecule has 174 valence electrons. The van der Waals surface area contributed by atoms with Crippen molar-refractivity contribution in [3.63, 3.8) is 0 Å². The molecule has 1 fully saturated rings. The number of piperazine rings is 1. The van der Waals surface area contributed by atoms with Gasteiger partial charge in [-0.15, -0.1) is 0 Å². The number of hydrogen-bond donors (Lipinski definition) is 2. The van der Waals surface area contributed by atoms with E-state index < -0.39 is 10.0 Å². The molecule has 0 unspecified atom stereocenters. The minimum atomic E-state index is -3.90. The molecule has 0 spiro atoms. The smallest absolute Gasteiger partial charge is 0.240 e. The van der Waals surface area contributed by atoms with Crippen LogP contribution in [0.4, 0.5) is 11.4 Å². The Labute approximate surface area is 197 Å². The first-order valence-electron chi connectivity index (χ1n) is 11.4. The predicted molar refractivity (Wildman–Crippen MR) is 135 cm³/mol. The molecular formula is C26H32N4O2S. The quantitative estimate of drug-likeness (QED) is 0.551.